The molecule has 7 heavy (non-hydrogen) atoms. The molecule has 0 aliphatic heterocycles. The summed E-state index contributed by atoms with van der Waals surface area (Å²) in [6, 6.07) is 0. The molecular weight excluding hydrogens is 102 g/mol. The summed E-state index contributed by atoms with van der Waals surface area (Å²) in [5.41, 5.74) is 0. The minimum atomic E-state index is -0.833. The van der Waals surface area contributed by atoms with Gasteiger partial charge in [-0.15, -0.1) is 5.34 Å². The molecule has 0 aliphatic rings. The van der Waals surface area contributed by atoms with Crippen LogP contribution in [-0.4, -0.2) is 11.1 Å². The molecule has 0 aliphatic carbocycles. The van der Waals surface area contributed by atoms with Crippen LogP contribution in [0.4, 0.5) is 0 Å². The van der Waals surface area contributed by atoms with Crippen LogP contribution in [0.5, 0.6) is 0 Å². The molecule has 0 saturated heterocycles. The zero-order valence-electron chi connectivity index (χ0n) is 3.62. The molecule has 0 rings (SSSR count). The fourth-order valence-electron chi connectivity index (χ4n) is 0. The third-order valence-corrected chi connectivity index (χ3v) is 0. The lowest BCUT2D eigenvalue weighted by atomic mass is 10.9. The van der Waals surface area contributed by atoms with Gasteiger partial charge in [0, 0.05) is 6.92 Å². The molecule has 0 atom stereocenters. The maximum atomic E-state index is 9.00. The van der Waals surface area contributed by atoms with Crippen molar-refractivity contribution in [1.29, 1.82) is 0 Å². The molecule has 0 unspecified atom stereocenters. The minimum Gasteiger partial charge on any atom is -0.481 e. The molecule has 0 radical (unpaired) electrons. The van der Waals surface area contributed by atoms with Crippen molar-refractivity contribution < 1.29 is 9.90 Å². The van der Waals surface area contributed by atoms with Crippen LogP contribution in [-0.2, 0) is 4.79 Å². The van der Waals surface area contributed by atoms with Crippen LogP contribution in [0.25, 0.3) is 0 Å². The Bertz CT molecular complexity index is 56.7. The van der Waals surface area contributed by atoms with Gasteiger partial charge in [-0.05, 0) is 0 Å². The second-order valence-electron chi connectivity index (χ2n) is 0.594. The first-order valence-electron chi connectivity index (χ1n) is 1.29. The maximum absolute atomic E-state index is 9.00. The number of carboxylic acid groups (broad SMARTS) is 1. The van der Waals surface area contributed by atoms with Crippen LogP contribution < -0.4 is 0 Å². The van der Waals surface area contributed by atoms with Crippen molar-refractivity contribution in [1.82, 2.24) is 0 Å². The molecule has 42 valence electrons. The van der Waals surface area contributed by atoms with Crippen LogP contribution in [0, 0.1) is 10.1 Å². The molecule has 0 aromatic heterocycles. The third kappa shape index (κ3) is 31.4. The summed E-state index contributed by atoms with van der Waals surface area (Å²) in [7, 11) is 0. The van der Waals surface area contributed by atoms with Gasteiger partial charge in [0.1, 0.15) is 0 Å². The Morgan fingerprint density at radius 2 is 1.86 bits per heavy atom. The minimum absolute atomic E-state index is 0.833. The number of carbonyl (C=O) groups is 1. The summed E-state index contributed by atoms with van der Waals surface area (Å²) in [6.07, 6.45) is 0. The first kappa shape index (κ1) is 9.30. The molecule has 0 fully saturated rings. The van der Waals surface area contributed by atoms with E-state index in [1.54, 1.807) is 0 Å². The predicted molar refractivity (Wildman–Crippen MR) is 22.5 cm³/mol. The van der Waals surface area contributed by atoms with Gasteiger partial charge in [0.05, 0.1) is 0 Å². The predicted octanol–water partition coefficient (Wildman–Crippen LogP) is 0.341. The Kier molecular flexibility index (Phi) is 11.8. The zero-order chi connectivity index (χ0) is 6.28. The molecule has 0 aromatic rings. The third-order valence-electron chi connectivity index (χ3n) is 0. The lowest BCUT2D eigenvalue weighted by molar-refractivity contribution is -0.134. The number of rotatable bonds is 0. The molecule has 0 heterocycles. The first-order valence-corrected chi connectivity index (χ1v) is 1.29. The smallest absolute Gasteiger partial charge is 0.300 e. The van der Waals surface area contributed by atoms with Crippen LogP contribution in [0.3, 0.4) is 0 Å². The Labute approximate surface area is 39.5 Å². The van der Waals surface area contributed by atoms with Gasteiger partial charge >= 0.3 is 0 Å². The molecular formula is C2H4NO4-. The Morgan fingerprint density at radius 1 is 1.86 bits per heavy atom. The lowest BCUT2D eigenvalue weighted by Gasteiger charge is -1.59. The van der Waals surface area contributed by atoms with Gasteiger partial charge < -0.3 is 15.2 Å². The van der Waals surface area contributed by atoms with Gasteiger partial charge in [-0.3, -0.25) is 4.79 Å². The molecule has 5 heteroatoms. The van der Waals surface area contributed by atoms with Crippen LogP contribution >= 0.6 is 0 Å². The van der Waals surface area contributed by atoms with Gasteiger partial charge in [-0.2, -0.15) is 0 Å². The quantitative estimate of drug-likeness (QED) is 0.356. The number of carboxylic acids is 1. The molecule has 0 bridgehead atoms. The highest BCUT2D eigenvalue weighted by Gasteiger charge is 1.65. The SMILES string of the molecule is CC(=O)O.O=N[O-]. The van der Waals surface area contributed by atoms with E-state index in [4.69, 9.17) is 20.0 Å². The van der Waals surface area contributed by atoms with E-state index in [9.17, 15) is 0 Å². The Hall–Kier alpha value is -1.13. The normalized spacial score (nSPS) is 5.29. The highest BCUT2D eigenvalue weighted by Crippen LogP contribution is 1.42. The Morgan fingerprint density at radius 3 is 1.86 bits per heavy atom. The van der Waals surface area contributed by atoms with E-state index in [2.05, 4.69) is 0 Å². The number of nitrogens with zero attached hydrogens (tertiary/aromatic N) is 1. The number of hydrogen-bond acceptors (Lipinski definition) is 4. The second kappa shape index (κ2) is 8.85. The average Bonchev–Trinajstić information content (AvgIpc) is 1.33. The molecule has 0 amide bonds. The van der Waals surface area contributed by atoms with Crippen molar-refractivity contribution in [2.45, 2.75) is 6.92 Å². The van der Waals surface area contributed by atoms with E-state index in [1.807, 2.05) is 0 Å². The summed E-state index contributed by atoms with van der Waals surface area (Å²) in [6.45, 7) is 1.08. The van der Waals surface area contributed by atoms with Crippen molar-refractivity contribution in [2.24, 2.45) is 5.34 Å². The van der Waals surface area contributed by atoms with Crippen molar-refractivity contribution in [3.05, 3.63) is 10.1 Å². The van der Waals surface area contributed by atoms with E-state index in [1.165, 1.54) is 0 Å². The van der Waals surface area contributed by atoms with E-state index >= 15 is 0 Å². The van der Waals surface area contributed by atoms with Gasteiger partial charge in [0.25, 0.3) is 5.97 Å². The summed E-state index contributed by atoms with van der Waals surface area (Å²) >= 11 is 0. The van der Waals surface area contributed by atoms with Crippen LogP contribution in [0.15, 0.2) is 5.34 Å². The molecule has 5 nitrogen and oxygen atoms in total. The highest BCUT2D eigenvalue weighted by molar-refractivity contribution is 5.62. The summed E-state index contributed by atoms with van der Waals surface area (Å²) in [5, 5.41) is 16.4. The topological polar surface area (TPSA) is 89.8 Å². The monoisotopic (exact) mass is 106 g/mol. The van der Waals surface area contributed by atoms with E-state index < -0.39 is 5.97 Å². The van der Waals surface area contributed by atoms with E-state index in [0.717, 1.165) is 12.3 Å². The fraction of sp³-hybridized carbons (Fsp3) is 0.500. The fourth-order valence-corrected chi connectivity index (χ4v) is 0. The lowest BCUT2D eigenvalue weighted by Crippen LogP contribution is -1.78. The molecule has 1 N–H and O–H groups in total. The zero-order valence-corrected chi connectivity index (χ0v) is 3.62. The maximum Gasteiger partial charge on any atom is 0.300 e. The first-order chi connectivity index (χ1) is 3.15. The van der Waals surface area contributed by atoms with Crippen molar-refractivity contribution in [3.8, 4) is 0 Å². The van der Waals surface area contributed by atoms with E-state index in [-0.39, 0.29) is 0 Å². The van der Waals surface area contributed by atoms with Gasteiger partial charge in [0.15, 0.2) is 0 Å². The van der Waals surface area contributed by atoms with E-state index in [0.29, 0.717) is 0 Å². The number of aliphatic carboxylic acids is 1. The summed E-state index contributed by atoms with van der Waals surface area (Å²) in [4.78, 5) is 17.0. The molecule has 0 saturated carbocycles. The van der Waals surface area contributed by atoms with Crippen LogP contribution in [0.2, 0.25) is 0 Å². The summed E-state index contributed by atoms with van der Waals surface area (Å²) in [5.74, 6) is -0.833. The standard InChI is InChI=1S/C2H4O2.HNO2/c1-2(3)4;2-1-3/h1H3,(H,3,4);(H,2,3)/p-1. The summed E-state index contributed by atoms with van der Waals surface area (Å²) < 4.78 is 0. The largest absolute Gasteiger partial charge is 0.481 e. The highest BCUT2D eigenvalue weighted by atomic mass is 16.6. The molecule has 0 spiro atoms. The van der Waals surface area contributed by atoms with Crippen molar-refractivity contribution in [3.63, 3.8) is 0 Å². The second-order valence-corrected chi connectivity index (χ2v) is 0.594. The van der Waals surface area contributed by atoms with Crippen molar-refractivity contribution in [2.75, 3.05) is 0 Å². The van der Waals surface area contributed by atoms with Gasteiger partial charge in [0.2, 0.25) is 0 Å². The Balaban J connectivity index is 0. The number of hydrogen-bond donors (Lipinski definition) is 1. The van der Waals surface area contributed by atoms with Gasteiger partial charge in [-0.25, -0.2) is 0 Å². The van der Waals surface area contributed by atoms with Gasteiger partial charge in [-0.1, -0.05) is 0 Å². The average molecular weight is 106 g/mol. The van der Waals surface area contributed by atoms with Crippen molar-refractivity contribution >= 4 is 5.97 Å². The molecule has 0 aromatic carbocycles. The van der Waals surface area contributed by atoms with Crippen LogP contribution in [0.1, 0.15) is 6.92 Å².